The van der Waals surface area contributed by atoms with E-state index < -0.39 is 10.9 Å². The van der Waals surface area contributed by atoms with Crippen molar-refractivity contribution in [3.05, 3.63) is 88.2 Å². The van der Waals surface area contributed by atoms with Crippen molar-refractivity contribution in [1.29, 1.82) is 0 Å². The number of carbonyl (C=O) groups excluding carboxylic acids is 1. The number of carbonyl (C=O) groups is 1. The number of hydrogen-bond acceptors (Lipinski definition) is 8. The number of fused-ring (bicyclic) bond motifs is 1. The molecule has 0 spiro atoms. The third-order valence-electron chi connectivity index (χ3n) is 5.82. The molecule has 0 fully saturated rings. The third kappa shape index (κ3) is 6.14. The van der Waals surface area contributed by atoms with Crippen molar-refractivity contribution >= 4 is 22.6 Å². The average Bonchev–Trinajstić information content (AvgIpc) is 2.92. The first-order valence-electron chi connectivity index (χ1n) is 11.9. The first kappa shape index (κ1) is 25.9. The number of hydrogen-bond donors (Lipinski definition) is 0. The van der Waals surface area contributed by atoms with Gasteiger partial charge in [0.2, 0.25) is 0 Å². The van der Waals surface area contributed by atoms with Gasteiger partial charge < -0.3 is 14.2 Å². The second kappa shape index (κ2) is 12.2. The van der Waals surface area contributed by atoms with Crippen LogP contribution < -0.4 is 0 Å². The van der Waals surface area contributed by atoms with Gasteiger partial charge in [0.15, 0.2) is 0 Å². The van der Waals surface area contributed by atoms with E-state index in [-0.39, 0.29) is 24.7 Å². The van der Waals surface area contributed by atoms with Crippen LogP contribution in [0.3, 0.4) is 0 Å². The number of nitrogens with zero attached hydrogens (tertiary/aromatic N) is 3. The van der Waals surface area contributed by atoms with Gasteiger partial charge in [-0.2, -0.15) is 0 Å². The van der Waals surface area contributed by atoms with Crippen molar-refractivity contribution in [1.82, 2.24) is 9.97 Å². The van der Waals surface area contributed by atoms with Crippen molar-refractivity contribution in [2.45, 2.75) is 19.8 Å². The number of methoxy groups -OCH3 is 1. The fourth-order valence-electron chi connectivity index (χ4n) is 4.05. The first-order chi connectivity index (χ1) is 18.0. The molecule has 0 unspecified atom stereocenters. The summed E-state index contributed by atoms with van der Waals surface area (Å²) in [6.45, 7) is 2.81. The van der Waals surface area contributed by atoms with Gasteiger partial charge in [0.1, 0.15) is 6.79 Å². The van der Waals surface area contributed by atoms with Gasteiger partial charge in [0, 0.05) is 37.6 Å². The van der Waals surface area contributed by atoms with Crippen LogP contribution in [0.25, 0.3) is 33.3 Å². The fourth-order valence-corrected chi connectivity index (χ4v) is 4.05. The lowest BCUT2D eigenvalue weighted by Gasteiger charge is -2.11. The molecular formula is C28H27N3O6. The molecule has 0 aliphatic rings. The Morgan fingerprint density at radius 3 is 2.57 bits per heavy atom. The van der Waals surface area contributed by atoms with Crippen LogP contribution in [-0.4, -0.2) is 48.0 Å². The van der Waals surface area contributed by atoms with Gasteiger partial charge in [-0.05, 0) is 54.7 Å². The summed E-state index contributed by atoms with van der Waals surface area (Å²) in [4.78, 5) is 32.9. The summed E-state index contributed by atoms with van der Waals surface area (Å²) in [5.41, 5.74) is 4.00. The van der Waals surface area contributed by atoms with Crippen LogP contribution in [0.5, 0.6) is 0 Å². The maximum atomic E-state index is 12.6. The molecule has 0 aliphatic heterocycles. The Kier molecular flexibility index (Phi) is 8.50. The number of benzene rings is 2. The predicted octanol–water partition coefficient (Wildman–Crippen LogP) is 5.60. The molecule has 0 aliphatic carbocycles. The Balaban J connectivity index is 1.65. The number of nitro benzene ring substituents is 1. The number of nitro groups is 1. The summed E-state index contributed by atoms with van der Waals surface area (Å²) in [5.74, 6) is -0.534. The maximum Gasteiger partial charge on any atom is 0.338 e. The number of aromatic nitrogens is 2. The molecule has 2 aromatic carbocycles. The Morgan fingerprint density at radius 2 is 1.84 bits per heavy atom. The van der Waals surface area contributed by atoms with Crippen LogP contribution in [0, 0.1) is 10.1 Å². The zero-order chi connectivity index (χ0) is 26.2. The highest BCUT2D eigenvalue weighted by Crippen LogP contribution is 2.35. The van der Waals surface area contributed by atoms with E-state index in [1.165, 1.54) is 18.3 Å². The topological polar surface area (TPSA) is 114 Å². The zero-order valence-electron chi connectivity index (χ0n) is 20.7. The van der Waals surface area contributed by atoms with Gasteiger partial charge >= 0.3 is 5.97 Å². The Morgan fingerprint density at radius 1 is 1.05 bits per heavy atom. The van der Waals surface area contributed by atoms with Crippen LogP contribution in [-0.2, 0) is 20.6 Å². The van der Waals surface area contributed by atoms with Gasteiger partial charge in [0.05, 0.1) is 33.9 Å². The standard InChI is InChI=1S/C28H27N3O6/c1-3-37-28(32)23-16-26(30-25-12-13-29-17-24(23)25)22-11-10-21(15-27(22)31(33)34)20-8-6-19(7-9-20)5-4-14-36-18-35-2/h6-13,15-17H,3-5,14,18H2,1-2H3. The summed E-state index contributed by atoms with van der Waals surface area (Å²) in [7, 11) is 1.59. The molecule has 0 saturated heterocycles. The van der Waals surface area contributed by atoms with E-state index in [4.69, 9.17) is 14.2 Å². The number of ether oxygens (including phenoxy) is 3. The second-order valence-corrected chi connectivity index (χ2v) is 8.27. The molecule has 0 saturated carbocycles. The SMILES string of the molecule is CCOC(=O)c1cc(-c2ccc(-c3ccc(CCCOCOC)cc3)cc2[N+](=O)[O-])nc2ccncc12. The number of pyridine rings is 2. The molecule has 9 nitrogen and oxygen atoms in total. The molecule has 4 rings (SSSR count). The molecule has 0 radical (unpaired) electrons. The van der Waals surface area contributed by atoms with Crippen LogP contribution in [0.15, 0.2) is 67.0 Å². The lowest BCUT2D eigenvalue weighted by atomic mass is 9.98. The van der Waals surface area contributed by atoms with E-state index in [2.05, 4.69) is 9.97 Å². The normalized spacial score (nSPS) is 11.0. The Hall–Kier alpha value is -4.21. The lowest BCUT2D eigenvalue weighted by molar-refractivity contribution is -0.384. The average molecular weight is 502 g/mol. The monoisotopic (exact) mass is 501 g/mol. The third-order valence-corrected chi connectivity index (χ3v) is 5.82. The van der Waals surface area contributed by atoms with E-state index in [0.717, 1.165) is 24.0 Å². The maximum absolute atomic E-state index is 12.6. The van der Waals surface area contributed by atoms with Crippen LogP contribution in [0.1, 0.15) is 29.3 Å². The van der Waals surface area contributed by atoms with Crippen molar-refractivity contribution in [2.75, 3.05) is 27.1 Å². The number of aryl methyl sites for hydroxylation is 1. The van der Waals surface area contributed by atoms with Crippen molar-refractivity contribution in [3.63, 3.8) is 0 Å². The quantitative estimate of drug-likeness (QED) is 0.0858. The minimum atomic E-state index is -0.534. The highest BCUT2D eigenvalue weighted by Gasteiger charge is 2.21. The number of esters is 1. The largest absolute Gasteiger partial charge is 0.462 e. The molecular weight excluding hydrogens is 474 g/mol. The minimum absolute atomic E-state index is 0.104. The van der Waals surface area contributed by atoms with Gasteiger partial charge in [-0.3, -0.25) is 15.1 Å². The molecule has 0 N–H and O–H groups in total. The van der Waals surface area contributed by atoms with Gasteiger partial charge in [-0.15, -0.1) is 0 Å². The van der Waals surface area contributed by atoms with Crippen molar-refractivity contribution in [2.24, 2.45) is 0 Å². The molecule has 9 heteroatoms. The molecule has 0 amide bonds. The van der Waals surface area contributed by atoms with Crippen LogP contribution in [0.4, 0.5) is 5.69 Å². The molecule has 2 heterocycles. The molecule has 37 heavy (non-hydrogen) atoms. The molecule has 0 atom stereocenters. The smallest absolute Gasteiger partial charge is 0.338 e. The Labute approximate surface area is 214 Å². The molecule has 2 aromatic heterocycles. The van der Waals surface area contributed by atoms with E-state index in [1.54, 1.807) is 32.4 Å². The lowest BCUT2D eigenvalue weighted by Crippen LogP contribution is -2.07. The van der Waals surface area contributed by atoms with Gasteiger partial charge in [-0.25, -0.2) is 9.78 Å². The fraction of sp³-hybridized carbons (Fsp3) is 0.250. The number of rotatable bonds is 11. The Bertz CT molecular complexity index is 1410. The van der Waals surface area contributed by atoms with E-state index in [1.807, 2.05) is 30.3 Å². The second-order valence-electron chi connectivity index (χ2n) is 8.27. The van der Waals surface area contributed by atoms with Crippen LogP contribution in [0.2, 0.25) is 0 Å². The summed E-state index contributed by atoms with van der Waals surface area (Å²) < 4.78 is 15.4. The van der Waals surface area contributed by atoms with E-state index in [9.17, 15) is 14.9 Å². The summed E-state index contributed by atoms with van der Waals surface area (Å²) in [6.07, 6.45) is 4.81. The minimum Gasteiger partial charge on any atom is -0.462 e. The van der Waals surface area contributed by atoms with E-state index in [0.29, 0.717) is 34.3 Å². The molecule has 4 aromatic rings. The summed E-state index contributed by atoms with van der Waals surface area (Å²) in [6, 6.07) is 16.1. The molecule has 190 valence electrons. The molecule has 0 bridgehead atoms. The van der Waals surface area contributed by atoms with Crippen molar-refractivity contribution < 1.29 is 23.9 Å². The van der Waals surface area contributed by atoms with E-state index >= 15 is 0 Å². The zero-order valence-corrected chi connectivity index (χ0v) is 20.7. The summed E-state index contributed by atoms with van der Waals surface area (Å²) in [5, 5.41) is 12.6. The van der Waals surface area contributed by atoms with Gasteiger partial charge in [-0.1, -0.05) is 30.3 Å². The highest BCUT2D eigenvalue weighted by atomic mass is 16.7. The first-order valence-corrected chi connectivity index (χ1v) is 11.9. The van der Waals surface area contributed by atoms with Crippen molar-refractivity contribution in [3.8, 4) is 22.4 Å². The predicted molar refractivity (Wildman–Crippen MR) is 139 cm³/mol. The van der Waals surface area contributed by atoms with Gasteiger partial charge in [0.25, 0.3) is 5.69 Å². The highest BCUT2D eigenvalue weighted by molar-refractivity contribution is 6.04. The summed E-state index contributed by atoms with van der Waals surface area (Å²) >= 11 is 0. The van der Waals surface area contributed by atoms with Crippen LogP contribution >= 0.6 is 0 Å².